The molecule has 2 aromatic rings. The molecule has 45 heavy (non-hydrogen) atoms. The third-order valence-electron chi connectivity index (χ3n) is 11.8. The lowest BCUT2D eigenvalue weighted by Gasteiger charge is -2.57. The van der Waals surface area contributed by atoms with Crippen molar-refractivity contribution >= 4 is 29.3 Å². The number of carbonyl (C=O) groups excluding carboxylic acids is 4. The van der Waals surface area contributed by atoms with Gasteiger partial charge in [-0.3, -0.25) is 24.3 Å². The Kier molecular flexibility index (Phi) is 7.29. The average molecular weight is 608 g/mol. The van der Waals surface area contributed by atoms with Crippen LogP contribution >= 0.6 is 0 Å². The molecular formula is C37H41N3O5. The van der Waals surface area contributed by atoms with Gasteiger partial charge in [0, 0.05) is 18.8 Å². The summed E-state index contributed by atoms with van der Waals surface area (Å²) in [6.45, 7) is 6.04. The van der Waals surface area contributed by atoms with Crippen LogP contribution in [-0.2, 0) is 14.3 Å². The minimum Gasteiger partial charge on any atom is -0.461 e. The number of nitrogens with one attached hydrogen (secondary N) is 1. The molecular weight excluding hydrogens is 566 g/mol. The van der Waals surface area contributed by atoms with Gasteiger partial charge in [-0.15, -0.1) is 0 Å². The van der Waals surface area contributed by atoms with E-state index in [9.17, 15) is 19.2 Å². The van der Waals surface area contributed by atoms with Crippen LogP contribution in [0.5, 0.6) is 0 Å². The first-order valence-electron chi connectivity index (χ1n) is 16.4. The highest BCUT2D eigenvalue weighted by molar-refractivity contribution is 6.22. The van der Waals surface area contributed by atoms with Gasteiger partial charge >= 0.3 is 5.97 Å². The fraction of sp³-hybridized carbons (Fsp3) is 0.486. The highest BCUT2D eigenvalue weighted by Crippen LogP contribution is 2.66. The minimum atomic E-state index is -0.898. The van der Waals surface area contributed by atoms with E-state index < -0.39 is 36.3 Å². The van der Waals surface area contributed by atoms with Crippen molar-refractivity contribution in [2.75, 3.05) is 6.54 Å². The Balaban J connectivity index is 0.957. The molecule has 2 fully saturated rings. The quantitative estimate of drug-likeness (QED) is 0.255. The first-order chi connectivity index (χ1) is 21.6. The lowest BCUT2D eigenvalue weighted by Crippen LogP contribution is -2.50. The van der Waals surface area contributed by atoms with Crippen LogP contribution in [0.2, 0.25) is 0 Å². The molecule has 1 aromatic carbocycles. The summed E-state index contributed by atoms with van der Waals surface area (Å²) in [5.41, 5.74) is 5.00. The molecule has 0 bridgehead atoms. The maximum atomic E-state index is 13.1. The summed E-state index contributed by atoms with van der Waals surface area (Å²) in [7, 11) is 0. The zero-order valence-corrected chi connectivity index (χ0v) is 26.3. The number of imide groups is 1. The van der Waals surface area contributed by atoms with Crippen molar-refractivity contribution in [1.82, 2.24) is 15.2 Å². The Morgan fingerprint density at radius 1 is 0.978 bits per heavy atom. The summed E-state index contributed by atoms with van der Waals surface area (Å²) in [6, 6.07) is 9.83. The molecule has 7 rings (SSSR count). The van der Waals surface area contributed by atoms with Crippen molar-refractivity contribution < 1.29 is 23.9 Å². The summed E-state index contributed by atoms with van der Waals surface area (Å²) < 4.78 is 5.94. The molecule has 0 spiro atoms. The molecule has 2 saturated carbocycles. The van der Waals surface area contributed by atoms with Crippen molar-refractivity contribution in [3.8, 4) is 0 Å². The number of esters is 1. The SMILES string of the molecule is CC(NC(=O)CN1C(=O)c2ccccc2C1=O)C(=O)OC1CCC2(C)C(=CCC3C2CCC2(C)C(c4cccnc4)=CCC32)C1. The minimum absolute atomic E-state index is 0.108. The molecule has 0 radical (unpaired) electrons. The normalized spacial score (nSPS) is 32.4. The van der Waals surface area contributed by atoms with Crippen molar-refractivity contribution in [3.05, 3.63) is 83.2 Å². The Morgan fingerprint density at radius 3 is 2.42 bits per heavy atom. The number of ether oxygens (including phenoxy) is 1. The Labute approximate surface area is 264 Å². The standard InChI is InChI=1S/C37H41N3O5/c1-22(39-32(41)21-40-33(42)26-8-4-5-9-27(26)34(40)43)35(44)45-25-14-16-36(2)24(19-25)10-11-28-30-13-12-29(23-7-6-18-38-20-23)37(30,3)17-15-31(28)36/h4-10,12,18,20,22,25,28,30-31H,11,13-17,19,21H2,1-3H3,(H,39,41). The van der Waals surface area contributed by atoms with Gasteiger partial charge in [-0.1, -0.05) is 49.8 Å². The average Bonchev–Trinajstić information content (AvgIpc) is 3.51. The number of hydrogen-bond acceptors (Lipinski definition) is 6. The first-order valence-corrected chi connectivity index (χ1v) is 16.4. The largest absolute Gasteiger partial charge is 0.461 e. The van der Waals surface area contributed by atoms with Crippen LogP contribution in [0.25, 0.3) is 5.57 Å². The van der Waals surface area contributed by atoms with Crippen LogP contribution in [0.4, 0.5) is 0 Å². The number of pyridine rings is 1. The van der Waals surface area contributed by atoms with Crippen LogP contribution in [0, 0.1) is 28.6 Å². The molecule has 7 atom stereocenters. The van der Waals surface area contributed by atoms with Crippen molar-refractivity contribution in [2.24, 2.45) is 28.6 Å². The maximum Gasteiger partial charge on any atom is 0.328 e. The molecule has 1 aromatic heterocycles. The monoisotopic (exact) mass is 607 g/mol. The molecule has 234 valence electrons. The number of hydrogen-bond donors (Lipinski definition) is 1. The van der Waals surface area contributed by atoms with E-state index in [0.717, 1.165) is 37.0 Å². The van der Waals surface area contributed by atoms with Gasteiger partial charge in [-0.25, -0.2) is 4.79 Å². The number of fused-ring (bicyclic) bond motifs is 6. The number of allylic oxidation sites excluding steroid dienone is 3. The van der Waals surface area contributed by atoms with E-state index in [0.29, 0.717) is 17.8 Å². The van der Waals surface area contributed by atoms with Gasteiger partial charge in [-0.2, -0.15) is 0 Å². The summed E-state index contributed by atoms with van der Waals surface area (Å²) >= 11 is 0. The molecule has 3 amide bonds. The molecule has 7 unspecified atom stereocenters. The van der Waals surface area contributed by atoms with E-state index in [-0.39, 0.29) is 28.1 Å². The second-order valence-electron chi connectivity index (χ2n) is 14.1. The highest BCUT2D eigenvalue weighted by atomic mass is 16.5. The predicted octanol–water partition coefficient (Wildman–Crippen LogP) is 5.75. The zero-order valence-electron chi connectivity index (χ0n) is 26.3. The van der Waals surface area contributed by atoms with Gasteiger partial charge in [0.05, 0.1) is 11.1 Å². The third-order valence-corrected chi connectivity index (χ3v) is 11.8. The lowest BCUT2D eigenvalue weighted by molar-refractivity contribution is -0.154. The number of amides is 3. The molecule has 5 aliphatic rings. The Hall–Kier alpha value is -4.07. The van der Waals surface area contributed by atoms with Crippen LogP contribution in [0.1, 0.15) is 92.0 Å². The van der Waals surface area contributed by atoms with E-state index in [1.54, 1.807) is 31.2 Å². The Bertz CT molecular complexity index is 1600. The molecule has 0 saturated heterocycles. The van der Waals surface area contributed by atoms with Gasteiger partial charge < -0.3 is 10.1 Å². The van der Waals surface area contributed by atoms with E-state index in [4.69, 9.17) is 4.74 Å². The molecule has 1 N–H and O–H groups in total. The van der Waals surface area contributed by atoms with Gasteiger partial charge in [-0.05, 0) is 103 Å². The number of nitrogens with zero attached hydrogens (tertiary/aromatic N) is 2. The molecule has 2 heterocycles. The van der Waals surface area contributed by atoms with Gasteiger partial charge in [0.1, 0.15) is 18.7 Å². The fourth-order valence-electron chi connectivity index (χ4n) is 9.40. The van der Waals surface area contributed by atoms with Crippen molar-refractivity contribution in [2.45, 2.75) is 77.9 Å². The van der Waals surface area contributed by atoms with Crippen LogP contribution in [0.15, 0.2) is 66.5 Å². The van der Waals surface area contributed by atoms with Gasteiger partial charge in [0.25, 0.3) is 11.8 Å². The van der Waals surface area contributed by atoms with Crippen LogP contribution in [-0.4, -0.2) is 52.3 Å². The van der Waals surface area contributed by atoms with E-state index in [1.165, 1.54) is 29.6 Å². The summed E-state index contributed by atoms with van der Waals surface area (Å²) in [5, 5.41) is 2.62. The predicted molar refractivity (Wildman–Crippen MR) is 169 cm³/mol. The highest BCUT2D eigenvalue weighted by Gasteiger charge is 2.57. The van der Waals surface area contributed by atoms with Crippen molar-refractivity contribution in [3.63, 3.8) is 0 Å². The van der Waals surface area contributed by atoms with E-state index in [1.807, 2.05) is 18.5 Å². The summed E-state index contributed by atoms with van der Waals surface area (Å²) in [5.74, 6) is -0.203. The Morgan fingerprint density at radius 2 is 1.71 bits per heavy atom. The van der Waals surface area contributed by atoms with Gasteiger partial charge in [0.15, 0.2) is 0 Å². The second kappa shape index (κ2) is 11.1. The number of carbonyl (C=O) groups is 4. The zero-order chi connectivity index (χ0) is 31.5. The van der Waals surface area contributed by atoms with Crippen molar-refractivity contribution in [1.29, 1.82) is 0 Å². The molecule has 8 heteroatoms. The third kappa shape index (κ3) is 4.84. The van der Waals surface area contributed by atoms with Gasteiger partial charge in [0.2, 0.25) is 5.91 Å². The number of aromatic nitrogens is 1. The lowest BCUT2D eigenvalue weighted by atomic mass is 9.47. The fourth-order valence-corrected chi connectivity index (χ4v) is 9.40. The number of benzene rings is 1. The molecule has 8 nitrogen and oxygen atoms in total. The first kappa shape index (κ1) is 29.6. The maximum absolute atomic E-state index is 13.1. The molecule has 4 aliphatic carbocycles. The topological polar surface area (TPSA) is 106 Å². The van der Waals surface area contributed by atoms with E-state index in [2.05, 4.69) is 42.4 Å². The van der Waals surface area contributed by atoms with E-state index >= 15 is 0 Å². The second-order valence-corrected chi connectivity index (χ2v) is 14.1. The smallest absolute Gasteiger partial charge is 0.328 e. The summed E-state index contributed by atoms with van der Waals surface area (Å²) in [4.78, 5) is 56.3. The summed E-state index contributed by atoms with van der Waals surface area (Å²) in [6.07, 6.45) is 15.6. The molecule has 1 aliphatic heterocycles. The van der Waals surface area contributed by atoms with Crippen LogP contribution < -0.4 is 5.32 Å². The number of rotatable bonds is 6. The van der Waals surface area contributed by atoms with Crippen LogP contribution in [0.3, 0.4) is 0 Å².